The lowest BCUT2D eigenvalue weighted by Crippen LogP contribution is -2.45. The third-order valence-electron chi connectivity index (χ3n) is 4.16. The number of halogens is 4. The average Bonchev–Trinajstić information content (AvgIpc) is 2.37. The van der Waals surface area contributed by atoms with Crippen molar-refractivity contribution in [1.82, 2.24) is 4.90 Å². The van der Waals surface area contributed by atoms with Crippen LogP contribution in [0, 0.1) is 11.8 Å². The normalized spacial score (nSPS) is 33.3. The Morgan fingerprint density at radius 1 is 1.16 bits per heavy atom. The minimum absolute atomic E-state index is 0.0498. The molecule has 0 aromatic carbocycles. The van der Waals surface area contributed by atoms with Crippen LogP contribution < -0.4 is 0 Å². The highest BCUT2D eigenvalue weighted by molar-refractivity contribution is 6.20. The fraction of sp³-hybridized carbons (Fsp3) is 0.923. The zero-order chi connectivity index (χ0) is 14.0. The Labute approximate surface area is 116 Å². The Hall–Kier alpha value is -0.450. The van der Waals surface area contributed by atoms with Crippen LogP contribution >= 0.6 is 11.6 Å². The van der Waals surface area contributed by atoms with E-state index in [1.807, 2.05) is 0 Å². The first-order valence-electron chi connectivity index (χ1n) is 6.87. The molecule has 2 rings (SSSR count). The minimum Gasteiger partial charge on any atom is -0.341 e. The third kappa shape index (κ3) is 3.77. The molecule has 2 fully saturated rings. The average molecular weight is 298 g/mol. The van der Waals surface area contributed by atoms with Crippen molar-refractivity contribution in [2.24, 2.45) is 11.8 Å². The summed E-state index contributed by atoms with van der Waals surface area (Å²) in [5.74, 6) is -1.91. The molecular formula is C13H19ClF3NO. The van der Waals surface area contributed by atoms with Crippen LogP contribution in [0.2, 0.25) is 0 Å². The topological polar surface area (TPSA) is 20.3 Å². The molecule has 3 unspecified atom stereocenters. The summed E-state index contributed by atoms with van der Waals surface area (Å²) in [5, 5.41) is -0.0558. The number of likely N-dealkylation sites (tertiary alicyclic amines) is 1. The van der Waals surface area contributed by atoms with Crippen LogP contribution in [0.15, 0.2) is 0 Å². The molecule has 0 aromatic rings. The number of piperidine rings is 1. The van der Waals surface area contributed by atoms with E-state index in [4.69, 9.17) is 11.6 Å². The van der Waals surface area contributed by atoms with E-state index < -0.39 is 18.0 Å². The van der Waals surface area contributed by atoms with Crippen LogP contribution in [-0.4, -0.2) is 35.4 Å². The predicted molar refractivity (Wildman–Crippen MR) is 67.0 cm³/mol. The summed E-state index contributed by atoms with van der Waals surface area (Å²) in [7, 11) is 0. The van der Waals surface area contributed by atoms with Gasteiger partial charge in [0.1, 0.15) is 0 Å². The molecule has 1 amide bonds. The fourth-order valence-corrected chi connectivity index (χ4v) is 3.42. The fourth-order valence-electron chi connectivity index (χ4n) is 3.10. The van der Waals surface area contributed by atoms with Gasteiger partial charge in [-0.15, -0.1) is 11.6 Å². The van der Waals surface area contributed by atoms with Gasteiger partial charge >= 0.3 is 6.18 Å². The van der Waals surface area contributed by atoms with Gasteiger partial charge < -0.3 is 4.90 Å². The molecule has 3 atom stereocenters. The first kappa shape index (κ1) is 14.9. The molecule has 2 nitrogen and oxygen atoms in total. The van der Waals surface area contributed by atoms with Gasteiger partial charge in [-0.2, -0.15) is 13.2 Å². The predicted octanol–water partition coefficient (Wildman–Crippen LogP) is 3.58. The number of hydrogen-bond acceptors (Lipinski definition) is 1. The second-order valence-electron chi connectivity index (χ2n) is 5.63. The second kappa shape index (κ2) is 5.90. The van der Waals surface area contributed by atoms with E-state index in [0.717, 1.165) is 12.8 Å². The number of amides is 1. The molecule has 110 valence electrons. The summed E-state index contributed by atoms with van der Waals surface area (Å²) in [5.41, 5.74) is 0. The van der Waals surface area contributed by atoms with Crippen molar-refractivity contribution < 1.29 is 18.0 Å². The molecule has 0 spiro atoms. The molecular weight excluding hydrogens is 279 g/mol. The first-order chi connectivity index (χ1) is 8.88. The smallest absolute Gasteiger partial charge is 0.341 e. The van der Waals surface area contributed by atoms with Crippen molar-refractivity contribution in [1.29, 1.82) is 0 Å². The molecule has 2 aliphatic rings. The van der Waals surface area contributed by atoms with Gasteiger partial charge in [0.25, 0.3) is 0 Å². The van der Waals surface area contributed by atoms with E-state index >= 15 is 0 Å². The van der Waals surface area contributed by atoms with Crippen molar-refractivity contribution in [3.05, 3.63) is 0 Å². The van der Waals surface area contributed by atoms with Crippen LogP contribution in [0.1, 0.15) is 38.5 Å². The molecule has 0 radical (unpaired) electrons. The zero-order valence-corrected chi connectivity index (χ0v) is 11.5. The first-order valence-corrected chi connectivity index (χ1v) is 7.31. The van der Waals surface area contributed by atoms with Crippen molar-refractivity contribution in [3.63, 3.8) is 0 Å². The summed E-state index contributed by atoms with van der Waals surface area (Å²) >= 11 is 6.02. The van der Waals surface area contributed by atoms with Gasteiger partial charge in [0.15, 0.2) is 0 Å². The highest BCUT2D eigenvalue weighted by Gasteiger charge is 2.44. The maximum atomic E-state index is 12.7. The molecule has 0 bridgehead atoms. The number of carbonyl (C=O) groups excluding carboxylic acids is 1. The molecule has 0 aromatic heterocycles. The Morgan fingerprint density at radius 3 is 2.53 bits per heavy atom. The van der Waals surface area contributed by atoms with Crippen LogP contribution in [0.3, 0.4) is 0 Å². The number of carbonyl (C=O) groups is 1. The van der Waals surface area contributed by atoms with E-state index in [1.54, 1.807) is 4.90 Å². The molecule has 19 heavy (non-hydrogen) atoms. The van der Waals surface area contributed by atoms with Gasteiger partial charge in [-0.25, -0.2) is 0 Å². The highest BCUT2D eigenvalue weighted by atomic mass is 35.5. The lowest BCUT2D eigenvalue weighted by Gasteiger charge is -2.36. The molecule has 1 saturated carbocycles. The summed E-state index contributed by atoms with van der Waals surface area (Å²) in [6.45, 7) is 1.11. The molecule has 0 N–H and O–H groups in total. The third-order valence-corrected chi connectivity index (χ3v) is 4.52. The van der Waals surface area contributed by atoms with Gasteiger partial charge in [-0.1, -0.05) is 6.42 Å². The van der Waals surface area contributed by atoms with Gasteiger partial charge in [-0.3, -0.25) is 4.79 Å². The van der Waals surface area contributed by atoms with E-state index in [2.05, 4.69) is 0 Å². The van der Waals surface area contributed by atoms with Gasteiger partial charge in [0.2, 0.25) is 5.91 Å². The van der Waals surface area contributed by atoms with E-state index in [9.17, 15) is 18.0 Å². The standard InChI is InChI=1S/C13H19ClF3NO/c14-11-5-2-6-18(8-11)12(19)9-3-1-4-10(7-9)13(15,16)17/h9-11H,1-8H2. The van der Waals surface area contributed by atoms with Gasteiger partial charge in [0, 0.05) is 19.0 Å². The maximum Gasteiger partial charge on any atom is 0.391 e. The van der Waals surface area contributed by atoms with Crippen molar-refractivity contribution >= 4 is 17.5 Å². The Bertz CT molecular complexity index is 334. The van der Waals surface area contributed by atoms with Crippen LogP contribution in [0.4, 0.5) is 13.2 Å². The van der Waals surface area contributed by atoms with Gasteiger partial charge in [-0.05, 0) is 32.1 Å². The largest absolute Gasteiger partial charge is 0.391 e. The highest BCUT2D eigenvalue weighted by Crippen LogP contribution is 2.40. The summed E-state index contributed by atoms with van der Waals surface area (Å²) < 4.78 is 38.2. The molecule has 6 heteroatoms. The lowest BCUT2D eigenvalue weighted by atomic mass is 9.80. The molecule has 1 aliphatic carbocycles. The van der Waals surface area contributed by atoms with Crippen LogP contribution in [0.5, 0.6) is 0 Å². The number of alkyl halides is 4. The summed E-state index contributed by atoms with van der Waals surface area (Å²) in [4.78, 5) is 13.9. The van der Waals surface area contributed by atoms with Crippen molar-refractivity contribution in [3.8, 4) is 0 Å². The lowest BCUT2D eigenvalue weighted by molar-refractivity contribution is -0.187. The van der Waals surface area contributed by atoms with Crippen LogP contribution in [0.25, 0.3) is 0 Å². The molecule has 1 saturated heterocycles. The van der Waals surface area contributed by atoms with Crippen molar-refractivity contribution in [2.45, 2.75) is 50.1 Å². The quantitative estimate of drug-likeness (QED) is 0.677. The number of nitrogens with zero attached hydrogens (tertiary/aromatic N) is 1. The Morgan fingerprint density at radius 2 is 1.89 bits per heavy atom. The van der Waals surface area contributed by atoms with E-state index in [-0.39, 0.29) is 24.1 Å². The summed E-state index contributed by atoms with van der Waals surface area (Å²) in [6, 6.07) is 0. The van der Waals surface area contributed by atoms with Crippen LogP contribution in [-0.2, 0) is 4.79 Å². The SMILES string of the molecule is O=C(C1CCCC(C(F)(F)F)C1)N1CCCC(Cl)C1. The number of rotatable bonds is 1. The van der Waals surface area contributed by atoms with Crippen molar-refractivity contribution in [2.75, 3.05) is 13.1 Å². The monoisotopic (exact) mass is 297 g/mol. The Balaban J connectivity index is 1.95. The number of hydrogen-bond donors (Lipinski definition) is 0. The summed E-state index contributed by atoms with van der Waals surface area (Å²) in [6.07, 6.45) is -1.28. The second-order valence-corrected chi connectivity index (χ2v) is 6.24. The van der Waals surface area contributed by atoms with E-state index in [1.165, 1.54) is 0 Å². The maximum absolute atomic E-state index is 12.7. The zero-order valence-electron chi connectivity index (χ0n) is 10.8. The van der Waals surface area contributed by atoms with E-state index in [0.29, 0.717) is 25.9 Å². The Kier molecular flexibility index (Phi) is 4.64. The molecule has 1 aliphatic heterocycles. The van der Waals surface area contributed by atoms with Gasteiger partial charge in [0.05, 0.1) is 11.3 Å². The molecule has 1 heterocycles. The minimum atomic E-state index is -4.17.